The average Bonchev–Trinajstić information content (AvgIpc) is 3.17. The quantitative estimate of drug-likeness (QED) is 0.299. The number of nitrogens with zero attached hydrogens (tertiary/aromatic N) is 2. The van der Waals surface area contributed by atoms with Crippen LogP contribution < -0.4 is 19.8 Å². The van der Waals surface area contributed by atoms with Crippen LogP contribution in [0.1, 0.15) is 37.7 Å². The molecule has 1 saturated heterocycles. The molecule has 0 bridgehead atoms. The van der Waals surface area contributed by atoms with Gasteiger partial charge in [-0.1, -0.05) is 18.2 Å². The molecule has 1 aliphatic heterocycles. The van der Waals surface area contributed by atoms with Gasteiger partial charge in [0.25, 0.3) is 0 Å². The molecular weight excluding hydrogens is 483 g/mol. The van der Waals surface area contributed by atoms with Crippen molar-refractivity contribution in [2.45, 2.75) is 45.2 Å². The number of hydrogen-bond donors (Lipinski definition) is 0. The number of aryl methyl sites for hydroxylation is 1. The molecule has 3 aromatic rings. The van der Waals surface area contributed by atoms with Gasteiger partial charge in [-0.2, -0.15) is 0 Å². The zero-order valence-corrected chi connectivity index (χ0v) is 21.6. The van der Waals surface area contributed by atoms with Gasteiger partial charge in [-0.25, -0.2) is 0 Å². The van der Waals surface area contributed by atoms with Gasteiger partial charge in [-0.05, 0) is 0 Å². The van der Waals surface area contributed by atoms with Gasteiger partial charge in [0.1, 0.15) is 0 Å². The SMILES string of the molecule is COc1cc2c(=O)n(CCCCC3CCN(Cc4ccccc4)CC3)[se]c2c(OC)c1OC. The van der Waals surface area contributed by atoms with Gasteiger partial charge in [0, 0.05) is 0 Å². The molecule has 33 heavy (non-hydrogen) atoms. The number of aromatic nitrogens is 1. The summed E-state index contributed by atoms with van der Waals surface area (Å²) in [5.74, 6) is 2.54. The van der Waals surface area contributed by atoms with Gasteiger partial charge >= 0.3 is 184 Å². The average molecular weight is 518 g/mol. The molecule has 0 N–H and O–H groups in total. The van der Waals surface area contributed by atoms with Gasteiger partial charge in [0.05, 0.1) is 0 Å². The summed E-state index contributed by atoms with van der Waals surface area (Å²) in [7, 11) is 4.80. The van der Waals surface area contributed by atoms with Crippen molar-refractivity contribution >= 4 is 24.4 Å². The molecule has 0 radical (unpaired) electrons. The summed E-state index contributed by atoms with van der Waals surface area (Å²) in [5.41, 5.74) is 1.49. The molecule has 2 aromatic carbocycles. The van der Waals surface area contributed by atoms with Crippen LogP contribution in [0.3, 0.4) is 0 Å². The van der Waals surface area contributed by atoms with Gasteiger partial charge in [-0.3, -0.25) is 0 Å². The molecule has 0 unspecified atom stereocenters. The first-order valence-electron chi connectivity index (χ1n) is 11.7. The van der Waals surface area contributed by atoms with Crippen LogP contribution in [0.5, 0.6) is 17.2 Å². The predicted molar refractivity (Wildman–Crippen MR) is 133 cm³/mol. The standard InChI is InChI=1S/C26H34N2O4Se/c1-30-22-17-21-25(24(32-3)23(22)31-2)33-28(26(21)29)14-8-7-9-19-12-15-27(16-13-19)18-20-10-5-4-6-11-20/h4-6,10-11,17,19H,7-9,12-16,18H2,1-3H3. The van der Waals surface area contributed by atoms with E-state index in [1.54, 1.807) is 27.4 Å². The van der Waals surface area contributed by atoms with E-state index in [1.807, 2.05) is 3.56 Å². The molecule has 1 aliphatic rings. The molecule has 0 atom stereocenters. The van der Waals surface area contributed by atoms with Crippen molar-refractivity contribution in [3.8, 4) is 17.2 Å². The number of piperidine rings is 1. The third kappa shape index (κ3) is 5.48. The fourth-order valence-corrected chi connectivity index (χ4v) is 7.14. The topological polar surface area (TPSA) is 52.9 Å². The molecule has 0 spiro atoms. The van der Waals surface area contributed by atoms with E-state index in [0.717, 1.165) is 29.7 Å². The normalized spacial score (nSPS) is 15.1. The van der Waals surface area contributed by atoms with E-state index in [4.69, 9.17) is 14.2 Å². The zero-order valence-electron chi connectivity index (χ0n) is 19.8. The molecule has 1 fully saturated rings. The summed E-state index contributed by atoms with van der Waals surface area (Å²) in [4.78, 5) is 15.6. The fraction of sp³-hybridized carbons (Fsp3) is 0.500. The zero-order chi connectivity index (χ0) is 23.2. The van der Waals surface area contributed by atoms with Crippen LogP contribution in [0.2, 0.25) is 0 Å². The summed E-state index contributed by atoms with van der Waals surface area (Å²) in [6, 6.07) is 12.5. The van der Waals surface area contributed by atoms with Crippen LogP contribution in [-0.2, 0) is 13.1 Å². The number of hydrogen-bond acceptors (Lipinski definition) is 5. The second-order valence-corrected chi connectivity index (χ2v) is 10.9. The van der Waals surface area contributed by atoms with Crippen LogP contribution in [0.4, 0.5) is 0 Å². The number of unbranched alkanes of at least 4 members (excludes halogenated alkanes) is 1. The van der Waals surface area contributed by atoms with Crippen molar-refractivity contribution in [2.24, 2.45) is 5.92 Å². The second-order valence-electron chi connectivity index (χ2n) is 8.72. The van der Waals surface area contributed by atoms with Crippen molar-refractivity contribution < 1.29 is 14.2 Å². The van der Waals surface area contributed by atoms with Crippen LogP contribution >= 0.6 is 0 Å². The second kappa shape index (κ2) is 11.3. The molecule has 7 heteroatoms. The Morgan fingerprint density at radius 2 is 1.70 bits per heavy atom. The van der Waals surface area contributed by atoms with E-state index < -0.39 is 0 Å². The Morgan fingerprint density at radius 1 is 0.970 bits per heavy atom. The number of methoxy groups -OCH3 is 3. The summed E-state index contributed by atoms with van der Waals surface area (Å²) in [5, 5.41) is 0.690. The monoisotopic (exact) mass is 518 g/mol. The van der Waals surface area contributed by atoms with E-state index in [1.165, 1.54) is 44.3 Å². The minimum atomic E-state index is -0.0971. The summed E-state index contributed by atoms with van der Waals surface area (Å²) in [6.45, 7) is 4.23. The Balaban J connectivity index is 1.29. The number of ether oxygens (including phenoxy) is 3. The minimum absolute atomic E-state index is 0.0819. The van der Waals surface area contributed by atoms with Crippen LogP contribution in [0, 0.1) is 5.92 Å². The molecule has 0 aliphatic carbocycles. The summed E-state index contributed by atoms with van der Waals surface area (Å²) < 4.78 is 19.5. The molecule has 1 aromatic heterocycles. The molecular formula is C26H34N2O4Se. The Bertz CT molecular complexity index is 1100. The van der Waals surface area contributed by atoms with E-state index in [2.05, 4.69) is 35.2 Å². The number of rotatable bonds is 10. The Kier molecular flexibility index (Phi) is 8.18. The molecule has 0 amide bonds. The Hall–Kier alpha value is -2.21. The number of likely N-dealkylation sites (tertiary alicyclic amines) is 1. The van der Waals surface area contributed by atoms with E-state index in [-0.39, 0.29) is 20.3 Å². The van der Waals surface area contributed by atoms with Gasteiger partial charge in [-0.15, -0.1) is 0 Å². The van der Waals surface area contributed by atoms with Crippen LogP contribution in [0.15, 0.2) is 41.2 Å². The maximum absolute atomic E-state index is 13.0. The van der Waals surface area contributed by atoms with Crippen LogP contribution in [0.25, 0.3) is 9.65 Å². The van der Waals surface area contributed by atoms with Gasteiger partial charge in [0.15, 0.2) is 0 Å². The van der Waals surface area contributed by atoms with Crippen molar-refractivity contribution in [2.75, 3.05) is 34.4 Å². The van der Waals surface area contributed by atoms with E-state index in [9.17, 15) is 4.79 Å². The van der Waals surface area contributed by atoms with Crippen molar-refractivity contribution in [1.29, 1.82) is 0 Å². The number of fused-ring (bicyclic) bond motifs is 1. The van der Waals surface area contributed by atoms with E-state index >= 15 is 0 Å². The first-order chi connectivity index (χ1) is 16.1. The fourth-order valence-electron chi connectivity index (χ4n) is 4.78. The first-order valence-corrected chi connectivity index (χ1v) is 13.4. The molecule has 178 valence electrons. The number of benzene rings is 2. The Labute approximate surface area is 202 Å². The Morgan fingerprint density at radius 3 is 2.36 bits per heavy atom. The first kappa shape index (κ1) is 23.9. The summed E-state index contributed by atoms with van der Waals surface area (Å²) in [6.07, 6.45) is 6.03. The van der Waals surface area contributed by atoms with Crippen molar-refractivity contribution in [1.82, 2.24) is 8.46 Å². The third-order valence-electron chi connectivity index (χ3n) is 6.62. The van der Waals surface area contributed by atoms with Gasteiger partial charge in [0.2, 0.25) is 0 Å². The van der Waals surface area contributed by atoms with Crippen LogP contribution in [-0.4, -0.2) is 57.6 Å². The molecule has 0 saturated carbocycles. The predicted octanol–water partition coefficient (Wildman–Crippen LogP) is 4.17. The van der Waals surface area contributed by atoms with Gasteiger partial charge < -0.3 is 0 Å². The van der Waals surface area contributed by atoms with Crippen molar-refractivity contribution in [3.05, 3.63) is 52.3 Å². The maximum atomic E-state index is 13.0. The third-order valence-corrected chi connectivity index (χ3v) is 9.05. The summed E-state index contributed by atoms with van der Waals surface area (Å²) >= 11 is -0.0971. The van der Waals surface area contributed by atoms with Crippen molar-refractivity contribution in [3.63, 3.8) is 0 Å². The van der Waals surface area contributed by atoms with E-state index in [0.29, 0.717) is 22.6 Å². The molecule has 2 heterocycles. The molecule has 6 nitrogen and oxygen atoms in total. The molecule has 4 rings (SSSR count).